The predicted octanol–water partition coefficient (Wildman–Crippen LogP) is 0.643. The summed E-state index contributed by atoms with van der Waals surface area (Å²) in [5.74, 6) is -1.68. The van der Waals surface area contributed by atoms with Crippen LogP contribution in [-0.4, -0.2) is 46.9 Å². The SMILES string of the molecule is CC(C)(CO)[C@@H](O)C(=O)NCCC(=O)C(=O)CCc1ccccc1. The Kier molecular flexibility index (Phi) is 7.74. The fourth-order valence-corrected chi connectivity index (χ4v) is 2.02. The van der Waals surface area contributed by atoms with Crippen molar-refractivity contribution >= 4 is 17.5 Å². The minimum atomic E-state index is -1.38. The van der Waals surface area contributed by atoms with Gasteiger partial charge in [-0.2, -0.15) is 0 Å². The van der Waals surface area contributed by atoms with Gasteiger partial charge in [0.15, 0.2) is 11.6 Å². The summed E-state index contributed by atoms with van der Waals surface area (Å²) in [6, 6.07) is 9.41. The van der Waals surface area contributed by atoms with E-state index < -0.39 is 29.0 Å². The van der Waals surface area contributed by atoms with Gasteiger partial charge in [-0.15, -0.1) is 0 Å². The summed E-state index contributed by atoms with van der Waals surface area (Å²) in [5.41, 5.74) is 0.0147. The van der Waals surface area contributed by atoms with Crippen molar-refractivity contribution in [3.63, 3.8) is 0 Å². The third-order valence-electron chi connectivity index (χ3n) is 3.84. The van der Waals surface area contributed by atoms with Crippen molar-refractivity contribution in [1.29, 1.82) is 0 Å². The molecule has 0 radical (unpaired) electrons. The fourth-order valence-electron chi connectivity index (χ4n) is 2.02. The van der Waals surface area contributed by atoms with Crippen LogP contribution in [0.2, 0.25) is 0 Å². The zero-order valence-corrected chi connectivity index (χ0v) is 14.1. The summed E-state index contributed by atoms with van der Waals surface area (Å²) in [6.45, 7) is 2.73. The topological polar surface area (TPSA) is 104 Å². The summed E-state index contributed by atoms with van der Waals surface area (Å²) < 4.78 is 0. The highest BCUT2D eigenvalue weighted by Crippen LogP contribution is 2.19. The lowest BCUT2D eigenvalue weighted by molar-refractivity contribution is -0.138. The van der Waals surface area contributed by atoms with Gasteiger partial charge in [0.25, 0.3) is 0 Å². The van der Waals surface area contributed by atoms with Crippen LogP contribution in [0.1, 0.15) is 32.3 Å². The first-order valence-corrected chi connectivity index (χ1v) is 7.94. The molecule has 1 amide bonds. The molecule has 0 aliphatic carbocycles. The molecule has 0 saturated heterocycles. The van der Waals surface area contributed by atoms with Gasteiger partial charge in [0.1, 0.15) is 6.10 Å². The molecule has 132 valence electrons. The number of aliphatic hydroxyl groups is 2. The van der Waals surface area contributed by atoms with Crippen LogP contribution in [0.3, 0.4) is 0 Å². The lowest BCUT2D eigenvalue weighted by atomic mass is 9.87. The van der Waals surface area contributed by atoms with Gasteiger partial charge in [0.2, 0.25) is 5.91 Å². The average Bonchev–Trinajstić information content (AvgIpc) is 2.59. The summed E-state index contributed by atoms with van der Waals surface area (Å²) in [5, 5.41) is 21.3. The molecule has 0 aliphatic heterocycles. The van der Waals surface area contributed by atoms with E-state index in [4.69, 9.17) is 5.11 Å². The van der Waals surface area contributed by atoms with Gasteiger partial charge in [0, 0.05) is 24.8 Å². The summed E-state index contributed by atoms with van der Waals surface area (Å²) in [4.78, 5) is 35.3. The zero-order chi connectivity index (χ0) is 18.2. The minimum absolute atomic E-state index is 0.0205. The van der Waals surface area contributed by atoms with Crippen LogP contribution in [-0.2, 0) is 20.8 Å². The van der Waals surface area contributed by atoms with Crippen molar-refractivity contribution in [3.05, 3.63) is 35.9 Å². The van der Waals surface area contributed by atoms with Crippen molar-refractivity contribution in [2.24, 2.45) is 5.41 Å². The van der Waals surface area contributed by atoms with E-state index >= 15 is 0 Å². The van der Waals surface area contributed by atoms with Gasteiger partial charge in [-0.05, 0) is 12.0 Å². The Hall–Kier alpha value is -2.05. The van der Waals surface area contributed by atoms with E-state index in [0.29, 0.717) is 6.42 Å². The molecule has 6 heteroatoms. The number of amides is 1. The van der Waals surface area contributed by atoms with Crippen molar-refractivity contribution in [2.75, 3.05) is 13.2 Å². The van der Waals surface area contributed by atoms with Crippen molar-refractivity contribution in [3.8, 4) is 0 Å². The highest BCUT2D eigenvalue weighted by atomic mass is 16.3. The average molecular weight is 335 g/mol. The van der Waals surface area contributed by atoms with Crippen LogP contribution in [0, 0.1) is 5.41 Å². The molecular weight excluding hydrogens is 310 g/mol. The van der Waals surface area contributed by atoms with E-state index in [1.165, 1.54) is 0 Å². The molecule has 24 heavy (non-hydrogen) atoms. The molecule has 0 unspecified atom stereocenters. The minimum Gasteiger partial charge on any atom is -0.396 e. The maximum atomic E-state index is 11.8. The number of rotatable bonds is 10. The first-order valence-electron chi connectivity index (χ1n) is 7.94. The quantitative estimate of drug-likeness (QED) is 0.545. The van der Waals surface area contributed by atoms with E-state index in [-0.39, 0.29) is 26.0 Å². The Labute approximate surface area is 141 Å². The summed E-state index contributed by atoms with van der Waals surface area (Å²) in [6.07, 6.45) is -0.851. The Balaban J connectivity index is 2.32. The normalized spacial score (nSPS) is 12.5. The third-order valence-corrected chi connectivity index (χ3v) is 3.84. The van der Waals surface area contributed by atoms with E-state index in [9.17, 15) is 19.5 Å². The number of aliphatic hydroxyl groups excluding tert-OH is 2. The number of benzene rings is 1. The Morgan fingerprint density at radius 1 is 1.08 bits per heavy atom. The number of Topliss-reactive ketones (excluding diaryl/α,β-unsaturated/α-hetero) is 2. The van der Waals surface area contributed by atoms with Crippen LogP contribution in [0.25, 0.3) is 0 Å². The van der Waals surface area contributed by atoms with Gasteiger partial charge >= 0.3 is 0 Å². The molecule has 0 spiro atoms. The number of aryl methyl sites for hydroxylation is 1. The third kappa shape index (κ3) is 6.22. The molecule has 1 rings (SSSR count). The van der Waals surface area contributed by atoms with E-state index in [0.717, 1.165) is 5.56 Å². The molecule has 1 aromatic rings. The van der Waals surface area contributed by atoms with Crippen LogP contribution in [0.15, 0.2) is 30.3 Å². The largest absolute Gasteiger partial charge is 0.396 e. The van der Waals surface area contributed by atoms with Crippen molar-refractivity contribution < 1.29 is 24.6 Å². The van der Waals surface area contributed by atoms with Gasteiger partial charge in [-0.3, -0.25) is 14.4 Å². The number of carbonyl (C=O) groups excluding carboxylic acids is 3. The molecule has 3 N–H and O–H groups in total. The summed E-state index contributed by atoms with van der Waals surface area (Å²) in [7, 11) is 0. The van der Waals surface area contributed by atoms with Gasteiger partial charge in [-0.25, -0.2) is 0 Å². The highest BCUT2D eigenvalue weighted by Gasteiger charge is 2.32. The van der Waals surface area contributed by atoms with E-state index in [1.807, 2.05) is 30.3 Å². The van der Waals surface area contributed by atoms with Crippen molar-refractivity contribution in [2.45, 2.75) is 39.2 Å². The molecule has 6 nitrogen and oxygen atoms in total. The maximum Gasteiger partial charge on any atom is 0.249 e. The Morgan fingerprint density at radius 2 is 1.67 bits per heavy atom. The van der Waals surface area contributed by atoms with E-state index in [1.54, 1.807) is 13.8 Å². The molecule has 0 heterocycles. The number of hydrogen-bond donors (Lipinski definition) is 3. The predicted molar refractivity (Wildman–Crippen MR) is 89.3 cm³/mol. The smallest absolute Gasteiger partial charge is 0.249 e. The van der Waals surface area contributed by atoms with Gasteiger partial charge in [-0.1, -0.05) is 44.2 Å². The van der Waals surface area contributed by atoms with Crippen LogP contribution in [0.5, 0.6) is 0 Å². The molecule has 0 aliphatic rings. The zero-order valence-electron chi connectivity index (χ0n) is 14.1. The molecule has 1 atom stereocenters. The molecule has 1 aromatic carbocycles. The molecule has 0 bridgehead atoms. The second-order valence-corrected chi connectivity index (χ2v) is 6.42. The lowest BCUT2D eigenvalue weighted by Crippen LogP contribution is -2.46. The van der Waals surface area contributed by atoms with Gasteiger partial charge < -0.3 is 15.5 Å². The van der Waals surface area contributed by atoms with E-state index in [2.05, 4.69) is 5.32 Å². The first-order chi connectivity index (χ1) is 11.3. The Bertz CT molecular complexity index is 568. The molecule has 0 aromatic heterocycles. The van der Waals surface area contributed by atoms with Crippen LogP contribution >= 0.6 is 0 Å². The Morgan fingerprint density at radius 3 is 2.25 bits per heavy atom. The lowest BCUT2D eigenvalue weighted by Gasteiger charge is -2.27. The first kappa shape index (κ1) is 20.0. The molecule has 0 saturated carbocycles. The number of carbonyl (C=O) groups is 3. The number of hydrogen-bond acceptors (Lipinski definition) is 5. The van der Waals surface area contributed by atoms with Crippen molar-refractivity contribution in [1.82, 2.24) is 5.32 Å². The standard InChI is InChI=1S/C18H25NO5/c1-18(2,12-20)16(23)17(24)19-11-10-15(22)14(21)9-8-13-6-4-3-5-7-13/h3-7,16,20,23H,8-12H2,1-2H3,(H,19,24)/t16-/m0/s1. The second kappa shape index (κ2) is 9.30. The number of ketones is 2. The second-order valence-electron chi connectivity index (χ2n) is 6.42. The van der Waals surface area contributed by atoms with Gasteiger partial charge in [0.05, 0.1) is 6.61 Å². The monoisotopic (exact) mass is 335 g/mol. The number of nitrogens with one attached hydrogen (secondary N) is 1. The molecule has 0 fully saturated rings. The van der Waals surface area contributed by atoms with Crippen LogP contribution in [0.4, 0.5) is 0 Å². The van der Waals surface area contributed by atoms with Crippen LogP contribution < -0.4 is 5.32 Å². The fraction of sp³-hybridized carbons (Fsp3) is 0.500. The summed E-state index contributed by atoms with van der Waals surface area (Å²) >= 11 is 0. The highest BCUT2D eigenvalue weighted by molar-refractivity contribution is 6.37. The maximum absolute atomic E-state index is 11.8. The molecular formula is C18H25NO5.